The lowest BCUT2D eigenvalue weighted by molar-refractivity contribution is -0.137. The number of rotatable bonds is 6. The number of nitrogens with zero attached hydrogens (tertiary/aromatic N) is 1. The predicted octanol–water partition coefficient (Wildman–Crippen LogP) is 2.10. The average molecular weight is 249 g/mol. The number of carboxylic acid groups (broad SMARTS) is 1. The van der Waals surface area contributed by atoms with Gasteiger partial charge in [0, 0.05) is 38.4 Å². The van der Waals surface area contributed by atoms with Gasteiger partial charge < -0.3 is 14.7 Å². The number of aliphatic carboxylic acids is 1. The van der Waals surface area contributed by atoms with E-state index >= 15 is 0 Å². The van der Waals surface area contributed by atoms with Crippen LogP contribution in [0.25, 0.3) is 0 Å². The summed E-state index contributed by atoms with van der Waals surface area (Å²) in [5.41, 5.74) is 2.34. The van der Waals surface area contributed by atoms with Crippen molar-refractivity contribution in [2.75, 3.05) is 31.7 Å². The third-order valence-corrected chi connectivity index (χ3v) is 3.36. The fourth-order valence-corrected chi connectivity index (χ4v) is 2.58. The van der Waals surface area contributed by atoms with Crippen molar-refractivity contribution < 1.29 is 14.6 Å². The lowest BCUT2D eigenvalue weighted by atomic mass is 9.98. The fourth-order valence-electron chi connectivity index (χ4n) is 2.58. The van der Waals surface area contributed by atoms with Crippen molar-refractivity contribution in [1.82, 2.24) is 0 Å². The molecule has 0 amide bonds. The highest BCUT2D eigenvalue weighted by Gasteiger charge is 2.29. The Bertz CT molecular complexity index is 419. The molecule has 1 aromatic rings. The molecule has 98 valence electrons. The number of hydrogen-bond acceptors (Lipinski definition) is 3. The summed E-state index contributed by atoms with van der Waals surface area (Å²) in [5, 5.41) is 8.96. The minimum absolute atomic E-state index is 0.112. The van der Waals surface area contributed by atoms with E-state index in [-0.39, 0.29) is 12.3 Å². The number of ether oxygens (including phenoxy) is 1. The summed E-state index contributed by atoms with van der Waals surface area (Å²) in [6, 6.07) is 8.10. The smallest absolute Gasteiger partial charge is 0.304 e. The molecule has 0 saturated heterocycles. The molecule has 1 aliphatic rings. The molecule has 1 aromatic carbocycles. The van der Waals surface area contributed by atoms with Crippen LogP contribution in [-0.2, 0) is 9.53 Å². The second-order valence-electron chi connectivity index (χ2n) is 4.65. The van der Waals surface area contributed by atoms with E-state index in [4.69, 9.17) is 9.84 Å². The Balaban J connectivity index is 2.09. The second-order valence-corrected chi connectivity index (χ2v) is 4.65. The van der Waals surface area contributed by atoms with Crippen LogP contribution < -0.4 is 4.90 Å². The SMILES string of the molecule is COCCCN1CC(CC(=O)O)c2ccccc21. The van der Waals surface area contributed by atoms with Crippen LogP contribution >= 0.6 is 0 Å². The first-order chi connectivity index (χ1) is 8.72. The van der Waals surface area contributed by atoms with Crippen LogP contribution in [0.15, 0.2) is 24.3 Å². The molecule has 1 atom stereocenters. The normalized spacial score (nSPS) is 17.8. The monoisotopic (exact) mass is 249 g/mol. The summed E-state index contributed by atoms with van der Waals surface area (Å²) < 4.78 is 5.06. The van der Waals surface area contributed by atoms with E-state index in [0.29, 0.717) is 0 Å². The number of para-hydroxylation sites is 1. The van der Waals surface area contributed by atoms with Crippen molar-refractivity contribution in [3.63, 3.8) is 0 Å². The summed E-state index contributed by atoms with van der Waals surface area (Å²) in [6.07, 6.45) is 1.17. The molecule has 0 aromatic heterocycles. The quantitative estimate of drug-likeness (QED) is 0.784. The lowest BCUT2D eigenvalue weighted by Crippen LogP contribution is -2.24. The maximum atomic E-state index is 10.9. The van der Waals surface area contributed by atoms with E-state index in [1.165, 1.54) is 5.69 Å². The van der Waals surface area contributed by atoms with Crippen molar-refractivity contribution in [2.45, 2.75) is 18.8 Å². The second kappa shape index (κ2) is 5.87. The summed E-state index contributed by atoms with van der Waals surface area (Å²) in [6.45, 7) is 2.46. The van der Waals surface area contributed by atoms with Crippen molar-refractivity contribution in [3.8, 4) is 0 Å². The molecule has 18 heavy (non-hydrogen) atoms. The number of anilines is 1. The van der Waals surface area contributed by atoms with Gasteiger partial charge in [-0.05, 0) is 18.1 Å². The first kappa shape index (κ1) is 12.9. The Labute approximate surface area is 107 Å². The lowest BCUT2D eigenvalue weighted by Gasteiger charge is -2.19. The number of fused-ring (bicyclic) bond motifs is 1. The highest BCUT2D eigenvalue weighted by atomic mass is 16.5. The molecule has 1 N–H and O–H groups in total. The van der Waals surface area contributed by atoms with Crippen molar-refractivity contribution in [2.24, 2.45) is 0 Å². The van der Waals surface area contributed by atoms with E-state index in [9.17, 15) is 4.79 Å². The van der Waals surface area contributed by atoms with Crippen LogP contribution in [0.2, 0.25) is 0 Å². The molecule has 0 fully saturated rings. The molecule has 0 radical (unpaired) electrons. The average Bonchev–Trinajstić information content (AvgIpc) is 2.68. The van der Waals surface area contributed by atoms with Gasteiger partial charge in [-0.1, -0.05) is 18.2 Å². The molecular weight excluding hydrogens is 230 g/mol. The van der Waals surface area contributed by atoms with Gasteiger partial charge in [0.25, 0.3) is 0 Å². The van der Waals surface area contributed by atoms with Gasteiger partial charge in [-0.3, -0.25) is 4.79 Å². The maximum absolute atomic E-state index is 10.9. The minimum atomic E-state index is -0.728. The number of carbonyl (C=O) groups is 1. The van der Waals surface area contributed by atoms with Crippen molar-refractivity contribution in [1.29, 1.82) is 0 Å². The molecule has 1 unspecified atom stereocenters. The van der Waals surface area contributed by atoms with Gasteiger partial charge in [-0.2, -0.15) is 0 Å². The van der Waals surface area contributed by atoms with Gasteiger partial charge in [0.1, 0.15) is 0 Å². The predicted molar refractivity (Wildman–Crippen MR) is 70.1 cm³/mol. The van der Waals surface area contributed by atoms with Crippen LogP contribution in [0.1, 0.15) is 24.3 Å². The largest absolute Gasteiger partial charge is 0.481 e. The number of hydrogen-bond donors (Lipinski definition) is 1. The standard InChI is InChI=1S/C14H19NO3/c1-18-8-4-7-15-10-11(9-14(16)17)12-5-2-3-6-13(12)15/h2-3,5-6,11H,4,7-10H2,1H3,(H,16,17). The minimum Gasteiger partial charge on any atom is -0.481 e. The first-order valence-electron chi connectivity index (χ1n) is 6.27. The van der Waals surface area contributed by atoms with Gasteiger partial charge in [-0.15, -0.1) is 0 Å². The van der Waals surface area contributed by atoms with Crippen LogP contribution in [0.5, 0.6) is 0 Å². The maximum Gasteiger partial charge on any atom is 0.304 e. The summed E-state index contributed by atoms with van der Waals surface area (Å²) >= 11 is 0. The van der Waals surface area contributed by atoms with E-state index in [2.05, 4.69) is 11.0 Å². The van der Waals surface area contributed by atoms with E-state index < -0.39 is 5.97 Å². The number of methoxy groups -OCH3 is 1. The molecule has 0 saturated carbocycles. The number of benzene rings is 1. The topological polar surface area (TPSA) is 49.8 Å². The van der Waals surface area contributed by atoms with Crippen LogP contribution in [0, 0.1) is 0 Å². The molecular formula is C14H19NO3. The zero-order chi connectivity index (χ0) is 13.0. The van der Waals surface area contributed by atoms with Gasteiger partial charge in [0.05, 0.1) is 6.42 Å². The van der Waals surface area contributed by atoms with E-state index in [1.807, 2.05) is 18.2 Å². The molecule has 1 heterocycles. The van der Waals surface area contributed by atoms with Crippen molar-refractivity contribution in [3.05, 3.63) is 29.8 Å². The van der Waals surface area contributed by atoms with E-state index in [1.54, 1.807) is 7.11 Å². The Hall–Kier alpha value is -1.55. The van der Waals surface area contributed by atoms with Gasteiger partial charge >= 0.3 is 5.97 Å². The van der Waals surface area contributed by atoms with Crippen LogP contribution in [0.4, 0.5) is 5.69 Å². The van der Waals surface area contributed by atoms with Crippen molar-refractivity contribution >= 4 is 11.7 Å². The summed E-state index contributed by atoms with van der Waals surface area (Å²) in [7, 11) is 1.70. The number of carboxylic acids is 1. The fraction of sp³-hybridized carbons (Fsp3) is 0.500. The molecule has 4 heteroatoms. The Morgan fingerprint density at radius 2 is 2.28 bits per heavy atom. The van der Waals surface area contributed by atoms with Gasteiger partial charge in [-0.25, -0.2) is 0 Å². The molecule has 1 aliphatic heterocycles. The summed E-state index contributed by atoms with van der Waals surface area (Å²) in [4.78, 5) is 13.2. The van der Waals surface area contributed by atoms with Crippen LogP contribution in [0.3, 0.4) is 0 Å². The van der Waals surface area contributed by atoms with Gasteiger partial charge in [0.15, 0.2) is 0 Å². The summed E-state index contributed by atoms with van der Waals surface area (Å²) in [5.74, 6) is -0.616. The van der Waals surface area contributed by atoms with Gasteiger partial charge in [0.2, 0.25) is 0 Å². The third-order valence-electron chi connectivity index (χ3n) is 3.36. The zero-order valence-corrected chi connectivity index (χ0v) is 10.6. The zero-order valence-electron chi connectivity index (χ0n) is 10.6. The molecule has 0 spiro atoms. The van der Waals surface area contributed by atoms with E-state index in [0.717, 1.165) is 31.7 Å². The Kier molecular flexibility index (Phi) is 4.20. The Morgan fingerprint density at radius 1 is 1.50 bits per heavy atom. The molecule has 0 bridgehead atoms. The highest BCUT2D eigenvalue weighted by molar-refractivity contribution is 5.71. The molecule has 0 aliphatic carbocycles. The van der Waals surface area contributed by atoms with Crippen LogP contribution in [-0.4, -0.2) is 37.9 Å². The highest BCUT2D eigenvalue weighted by Crippen LogP contribution is 2.37. The first-order valence-corrected chi connectivity index (χ1v) is 6.27. The third kappa shape index (κ3) is 2.82. The molecule has 4 nitrogen and oxygen atoms in total. The molecule has 2 rings (SSSR count). The Morgan fingerprint density at radius 3 is 3.00 bits per heavy atom.